The molecule has 11 heteroatoms. The Kier molecular flexibility index (Phi) is 7.30. The average Bonchev–Trinajstić information content (AvgIpc) is 3.24. The maximum atomic E-state index is 14.7. The van der Waals surface area contributed by atoms with Crippen molar-refractivity contribution in [2.75, 3.05) is 38.7 Å². The topological polar surface area (TPSA) is 108 Å². The number of fused-ring (bicyclic) bond motifs is 1. The number of hydrogen-bond acceptors (Lipinski definition) is 7. The van der Waals surface area contributed by atoms with E-state index in [4.69, 9.17) is 16.3 Å². The number of likely N-dealkylation sites (tertiary alicyclic amines) is 1. The zero-order valence-electron chi connectivity index (χ0n) is 19.5. The van der Waals surface area contributed by atoms with Crippen molar-refractivity contribution >= 4 is 34.4 Å². The van der Waals surface area contributed by atoms with Gasteiger partial charge in [0, 0.05) is 49.6 Å². The highest BCUT2D eigenvalue weighted by molar-refractivity contribution is 6.31. The number of pyridine rings is 1. The SMILES string of the molecule is COCCNC(=O)C(C)(C)N1CCC[C@H](Nc2nc(-c3c[nH]c4ncc(Cl)cc34)ncc2F)C1. The predicted molar refractivity (Wildman–Crippen MR) is 129 cm³/mol. The summed E-state index contributed by atoms with van der Waals surface area (Å²) in [4.78, 5) is 30.8. The van der Waals surface area contributed by atoms with Crippen LogP contribution in [0, 0.1) is 5.82 Å². The van der Waals surface area contributed by atoms with E-state index in [0.29, 0.717) is 41.8 Å². The van der Waals surface area contributed by atoms with Gasteiger partial charge in [-0.05, 0) is 39.3 Å². The number of aromatic nitrogens is 4. The average molecular weight is 490 g/mol. The molecule has 1 saturated heterocycles. The maximum absolute atomic E-state index is 14.7. The monoisotopic (exact) mass is 489 g/mol. The Bertz CT molecular complexity index is 1170. The standard InChI is InChI=1S/C23H29ClFN7O2/c1-23(2,22(33)26-6-8-34-3)32-7-4-5-15(13-32)30-21-18(25)12-29-20(31-21)17-11-28-19-16(17)9-14(24)10-27-19/h9-12,15H,4-8,13H2,1-3H3,(H,26,33)(H,27,28)(H,29,30,31)/t15-/m0/s1. The Morgan fingerprint density at radius 3 is 3.00 bits per heavy atom. The van der Waals surface area contributed by atoms with Gasteiger partial charge in [0.1, 0.15) is 5.65 Å². The Labute approximate surface area is 202 Å². The molecule has 1 fully saturated rings. The summed E-state index contributed by atoms with van der Waals surface area (Å²) in [5.74, 6) is -0.103. The number of nitrogens with one attached hydrogen (secondary N) is 3. The van der Waals surface area contributed by atoms with E-state index < -0.39 is 11.4 Å². The van der Waals surface area contributed by atoms with Crippen molar-refractivity contribution < 1.29 is 13.9 Å². The number of aromatic amines is 1. The number of piperidine rings is 1. The van der Waals surface area contributed by atoms with Crippen LogP contribution >= 0.6 is 11.6 Å². The number of amides is 1. The van der Waals surface area contributed by atoms with E-state index in [2.05, 4.69) is 35.5 Å². The third-order valence-corrected chi connectivity index (χ3v) is 6.39. The molecule has 0 unspecified atom stereocenters. The largest absolute Gasteiger partial charge is 0.383 e. The van der Waals surface area contributed by atoms with E-state index >= 15 is 0 Å². The van der Waals surface area contributed by atoms with Gasteiger partial charge in [0.05, 0.1) is 23.4 Å². The van der Waals surface area contributed by atoms with Crippen LogP contribution in [0.1, 0.15) is 26.7 Å². The molecule has 1 aliphatic heterocycles. The highest BCUT2D eigenvalue weighted by atomic mass is 35.5. The lowest BCUT2D eigenvalue weighted by molar-refractivity contribution is -0.132. The molecule has 1 aliphatic rings. The number of rotatable bonds is 8. The second kappa shape index (κ2) is 10.2. The number of halogens is 2. The van der Waals surface area contributed by atoms with Crippen molar-refractivity contribution in [2.24, 2.45) is 0 Å². The van der Waals surface area contributed by atoms with Crippen molar-refractivity contribution in [3.63, 3.8) is 0 Å². The van der Waals surface area contributed by atoms with Crippen LogP contribution in [0.15, 0.2) is 24.7 Å². The summed E-state index contributed by atoms with van der Waals surface area (Å²) in [6.45, 7) is 6.07. The molecule has 34 heavy (non-hydrogen) atoms. The number of ether oxygens (including phenoxy) is 1. The number of nitrogens with zero attached hydrogens (tertiary/aromatic N) is 4. The Morgan fingerprint density at radius 2 is 2.21 bits per heavy atom. The van der Waals surface area contributed by atoms with Crippen LogP contribution in [0.4, 0.5) is 10.2 Å². The van der Waals surface area contributed by atoms with Crippen molar-refractivity contribution in [1.82, 2.24) is 30.2 Å². The molecule has 4 heterocycles. The molecular formula is C23H29ClFN7O2. The van der Waals surface area contributed by atoms with Crippen molar-refractivity contribution in [1.29, 1.82) is 0 Å². The zero-order chi connectivity index (χ0) is 24.3. The van der Waals surface area contributed by atoms with Gasteiger partial charge in [0.15, 0.2) is 17.5 Å². The molecule has 0 aromatic carbocycles. The molecule has 182 valence electrons. The fourth-order valence-corrected chi connectivity index (χ4v) is 4.34. The summed E-state index contributed by atoms with van der Waals surface area (Å²) >= 11 is 6.10. The van der Waals surface area contributed by atoms with Gasteiger partial charge in [-0.3, -0.25) is 9.69 Å². The van der Waals surface area contributed by atoms with Crippen LogP contribution in [-0.4, -0.2) is 75.7 Å². The molecular weight excluding hydrogens is 461 g/mol. The fraction of sp³-hybridized carbons (Fsp3) is 0.478. The number of carbonyl (C=O) groups is 1. The summed E-state index contributed by atoms with van der Waals surface area (Å²) in [5.41, 5.74) is 0.628. The minimum absolute atomic E-state index is 0.0627. The molecule has 0 spiro atoms. The molecule has 4 rings (SSSR count). The lowest BCUT2D eigenvalue weighted by Crippen LogP contribution is -2.59. The van der Waals surface area contributed by atoms with E-state index in [0.717, 1.165) is 31.0 Å². The molecule has 3 N–H and O–H groups in total. The summed E-state index contributed by atoms with van der Waals surface area (Å²) in [5, 5.41) is 7.40. The highest BCUT2D eigenvalue weighted by Crippen LogP contribution is 2.29. The first kappa shape index (κ1) is 24.3. The van der Waals surface area contributed by atoms with E-state index in [9.17, 15) is 9.18 Å². The minimum Gasteiger partial charge on any atom is -0.383 e. The van der Waals surface area contributed by atoms with Crippen LogP contribution in [-0.2, 0) is 9.53 Å². The van der Waals surface area contributed by atoms with Crippen LogP contribution in [0.25, 0.3) is 22.4 Å². The lowest BCUT2D eigenvalue weighted by atomic mass is 9.95. The quantitative estimate of drug-likeness (QED) is 0.417. The Balaban J connectivity index is 1.50. The zero-order valence-corrected chi connectivity index (χ0v) is 20.2. The van der Waals surface area contributed by atoms with Crippen molar-refractivity contribution in [3.05, 3.63) is 35.5 Å². The van der Waals surface area contributed by atoms with Crippen molar-refractivity contribution in [3.8, 4) is 11.4 Å². The maximum Gasteiger partial charge on any atom is 0.240 e. The summed E-state index contributed by atoms with van der Waals surface area (Å²) in [7, 11) is 1.60. The molecule has 3 aromatic rings. The molecule has 1 amide bonds. The molecule has 3 aromatic heterocycles. The summed E-state index contributed by atoms with van der Waals surface area (Å²) in [6.07, 6.45) is 6.16. The van der Waals surface area contributed by atoms with Crippen LogP contribution in [0.5, 0.6) is 0 Å². The molecule has 1 atom stereocenters. The predicted octanol–water partition coefficient (Wildman–Crippen LogP) is 3.23. The van der Waals surface area contributed by atoms with Gasteiger partial charge in [-0.25, -0.2) is 19.3 Å². The molecule has 0 aliphatic carbocycles. The van der Waals surface area contributed by atoms with E-state index in [-0.39, 0.29) is 17.8 Å². The third kappa shape index (κ3) is 5.13. The number of hydrogen-bond donors (Lipinski definition) is 3. The van der Waals surface area contributed by atoms with Gasteiger partial charge in [0.25, 0.3) is 0 Å². The third-order valence-electron chi connectivity index (χ3n) is 6.18. The highest BCUT2D eigenvalue weighted by Gasteiger charge is 2.37. The summed E-state index contributed by atoms with van der Waals surface area (Å²) < 4.78 is 19.7. The van der Waals surface area contributed by atoms with E-state index in [1.165, 1.54) is 0 Å². The van der Waals surface area contributed by atoms with Gasteiger partial charge in [-0.1, -0.05) is 11.6 Å². The Morgan fingerprint density at radius 1 is 1.38 bits per heavy atom. The first-order chi connectivity index (χ1) is 16.3. The number of carbonyl (C=O) groups excluding carboxylic acids is 1. The van der Waals surface area contributed by atoms with Gasteiger partial charge in [-0.15, -0.1) is 0 Å². The van der Waals surface area contributed by atoms with Crippen LogP contribution in [0.2, 0.25) is 5.02 Å². The molecule has 9 nitrogen and oxygen atoms in total. The molecule has 0 bridgehead atoms. The molecule has 0 radical (unpaired) electrons. The Hall–Kier alpha value is -2.82. The van der Waals surface area contributed by atoms with Gasteiger partial charge in [-0.2, -0.15) is 0 Å². The van der Waals surface area contributed by atoms with E-state index in [1.807, 2.05) is 13.8 Å². The lowest BCUT2D eigenvalue weighted by Gasteiger charge is -2.42. The second-order valence-corrected chi connectivity index (χ2v) is 9.32. The van der Waals surface area contributed by atoms with Crippen molar-refractivity contribution in [2.45, 2.75) is 38.3 Å². The normalized spacial score (nSPS) is 17.1. The molecule has 0 saturated carbocycles. The van der Waals surface area contributed by atoms with Crippen LogP contribution in [0.3, 0.4) is 0 Å². The summed E-state index contributed by atoms with van der Waals surface area (Å²) in [6, 6.07) is 1.70. The smallest absolute Gasteiger partial charge is 0.240 e. The fourth-order valence-electron chi connectivity index (χ4n) is 4.18. The number of H-pyrrole nitrogens is 1. The van der Waals surface area contributed by atoms with Gasteiger partial charge < -0.3 is 20.4 Å². The first-order valence-electron chi connectivity index (χ1n) is 11.2. The first-order valence-corrected chi connectivity index (χ1v) is 11.6. The van der Waals surface area contributed by atoms with Gasteiger partial charge in [0.2, 0.25) is 5.91 Å². The van der Waals surface area contributed by atoms with Gasteiger partial charge >= 0.3 is 0 Å². The minimum atomic E-state index is -0.709. The second-order valence-electron chi connectivity index (χ2n) is 8.88. The number of anilines is 1. The van der Waals surface area contributed by atoms with Crippen LogP contribution < -0.4 is 10.6 Å². The number of methoxy groups -OCH3 is 1. The van der Waals surface area contributed by atoms with E-state index in [1.54, 1.807) is 25.6 Å².